The highest BCUT2D eigenvalue weighted by atomic mass is 19.1. The average molecular weight is 362 g/mol. The van der Waals surface area contributed by atoms with Gasteiger partial charge in [-0.05, 0) is 30.5 Å². The molecule has 0 saturated carbocycles. The first-order valence-electron chi connectivity index (χ1n) is 9.25. The summed E-state index contributed by atoms with van der Waals surface area (Å²) in [6, 6.07) is 6.95. The Morgan fingerprint density at radius 3 is 2.88 bits per heavy atom. The summed E-state index contributed by atoms with van der Waals surface area (Å²) in [6.45, 7) is 8.45. The molecule has 1 saturated heterocycles. The highest BCUT2D eigenvalue weighted by molar-refractivity contribution is 5.79. The van der Waals surface area contributed by atoms with Crippen LogP contribution in [0, 0.1) is 5.82 Å². The van der Waals surface area contributed by atoms with Gasteiger partial charge in [-0.1, -0.05) is 18.2 Å². The normalized spacial score (nSPS) is 17.0. The van der Waals surface area contributed by atoms with Gasteiger partial charge >= 0.3 is 0 Å². The predicted molar refractivity (Wildman–Crippen MR) is 105 cm³/mol. The van der Waals surface area contributed by atoms with Crippen LogP contribution in [0.4, 0.5) is 4.39 Å². The van der Waals surface area contributed by atoms with E-state index in [1.807, 2.05) is 19.2 Å². The van der Waals surface area contributed by atoms with Gasteiger partial charge in [0.2, 0.25) is 0 Å². The summed E-state index contributed by atoms with van der Waals surface area (Å²) in [5, 5.41) is 3.46. The van der Waals surface area contributed by atoms with Crippen LogP contribution >= 0.6 is 0 Å². The van der Waals surface area contributed by atoms with E-state index in [1.54, 1.807) is 19.2 Å². The van der Waals surface area contributed by atoms with Crippen molar-refractivity contribution in [2.75, 3.05) is 53.5 Å². The topological polar surface area (TPSA) is 40.1 Å². The highest BCUT2D eigenvalue weighted by Crippen LogP contribution is 2.22. The molecule has 1 N–H and O–H groups in total. The first kappa shape index (κ1) is 20.4. The van der Waals surface area contributed by atoms with Crippen LogP contribution in [0.25, 0.3) is 0 Å². The van der Waals surface area contributed by atoms with Crippen LogP contribution in [0.5, 0.6) is 0 Å². The number of rotatable bonds is 8. The molecule has 5 nitrogen and oxygen atoms in total. The minimum absolute atomic E-state index is 0.0768. The lowest BCUT2D eigenvalue weighted by molar-refractivity contribution is 0.0168. The van der Waals surface area contributed by atoms with Gasteiger partial charge in [0.1, 0.15) is 5.82 Å². The van der Waals surface area contributed by atoms with Crippen molar-refractivity contribution in [3.05, 3.63) is 48.3 Å². The van der Waals surface area contributed by atoms with Crippen molar-refractivity contribution in [2.45, 2.75) is 18.9 Å². The number of halogens is 1. The number of allylic oxidation sites excluding steroid dienone is 1. The molecular formula is C20H31FN4O. The summed E-state index contributed by atoms with van der Waals surface area (Å²) in [5.74, 6) is 0.649. The Bertz CT molecular complexity index is 587. The Kier molecular flexibility index (Phi) is 8.58. The highest BCUT2D eigenvalue weighted by Gasteiger charge is 2.23. The minimum atomic E-state index is -0.202. The molecule has 6 heteroatoms. The third-order valence-electron chi connectivity index (χ3n) is 4.65. The number of benzene rings is 1. The van der Waals surface area contributed by atoms with Crippen LogP contribution in [0.2, 0.25) is 0 Å². The number of aliphatic imine (C=N–C) groups is 1. The van der Waals surface area contributed by atoms with E-state index in [2.05, 4.69) is 26.7 Å². The third-order valence-corrected chi connectivity index (χ3v) is 4.65. The van der Waals surface area contributed by atoms with Crippen molar-refractivity contribution in [3.63, 3.8) is 0 Å². The first-order chi connectivity index (χ1) is 12.7. The van der Waals surface area contributed by atoms with E-state index in [4.69, 9.17) is 4.74 Å². The zero-order valence-electron chi connectivity index (χ0n) is 16.0. The second-order valence-electron chi connectivity index (χ2n) is 6.50. The number of unbranched alkanes of at least 4 members (excludes halogenated alkanes) is 1. The van der Waals surface area contributed by atoms with E-state index in [9.17, 15) is 4.39 Å². The molecule has 1 aromatic rings. The lowest BCUT2D eigenvalue weighted by atomic mass is 10.0. The molecule has 0 bridgehead atoms. The van der Waals surface area contributed by atoms with Crippen molar-refractivity contribution >= 4 is 5.96 Å². The molecule has 1 fully saturated rings. The fourth-order valence-electron chi connectivity index (χ4n) is 3.21. The molecule has 1 aromatic carbocycles. The molecule has 0 aromatic heterocycles. The molecule has 0 aliphatic carbocycles. The van der Waals surface area contributed by atoms with Gasteiger partial charge in [-0.2, -0.15) is 0 Å². The molecule has 1 heterocycles. The fourth-order valence-corrected chi connectivity index (χ4v) is 3.21. The van der Waals surface area contributed by atoms with Gasteiger partial charge in [-0.25, -0.2) is 4.39 Å². The van der Waals surface area contributed by atoms with E-state index < -0.39 is 0 Å². The average Bonchev–Trinajstić information content (AvgIpc) is 2.66. The van der Waals surface area contributed by atoms with Gasteiger partial charge in [0, 0.05) is 40.3 Å². The second kappa shape index (κ2) is 10.9. The van der Waals surface area contributed by atoms with Crippen LogP contribution < -0.4 is 5.32 Å². The van der Waals surface area contributed by atoms with Gasteiger partial charge in [-0.15, -0.1) is 6.58 Å². The smallest absolute Gasteiger partial charge is 0.193 e. The quantitative estimate of drug-likeness (QED) is 0.334. The second-order valence-corrected chi connectivity index (χ2v) is 6.50. The van der Waals surface area contributed by atoms with Crippen LogP contribution in [0.1, 0.15) is 24.4 Å². The van der Waals surface area contributed by atoms with Gasteiger partial charge < -0.3 is 15.0 Å². The van der Waals surface area contributed by atoms with E-state index in [0.29, 0.717) is 19.8 Å². The molecule has 1 unspecified atom stereocenters. The summed E-state index contributed by atoms with van der Waals surface area (Å²) < 4.78 is 19.2. The zero-order chi connectivity index (χ0) is 18.8. The van der Waals surface area contributed by atoms with Crippen molar-refractivity contribution in [1.82, 2.24) is 15.1 Å². The maximum atomic E-state index is 13.8. The van der Waals surface area contributed by atoms with Crippen molar-refractivity contribution in [2.24, 2.45) is 4.99 Å². The van der Waals surface area contributed by atoms with Crippen molar-refractivity contribution in [3.8, 4) is 0 Å². The van der Waals surface area contributed by atoms with Crippen LogP contribution in [-0.2, 0) is 4.74 Å². The molecule has 0 radical (unpaired) electrons. The molecule has 1 aliphatic rings. The maximum Gasteiger partial charge on any atom is 0.193 e. The van der Waals surface area contributed by atoms with Crippen LogP contribution in [0.3, 0.4) is 0 Å². The molecule has 1 aliphatic heterocycles. The summed E-state index contributed by atoms with van der Waals surface area (Å²) in [6.07, 6.45) is 3.96. The zero-order valence-corrected chi connectivity index (χ0v) is 16.0. The molecule has 2 rings (SSSR count). The van der Waals surface area contributed by atoms with Gasteiger partial charge in [-0.3, -0.25) is 9.89 Å². The number of hydrogen-bond donors (Lipinski definition) is 1. The summed E-state index contributed by atoms with van der Waals surface area (Å²) in [4.78, 5) is 8.84. The van der Waals surface area contributed by atoms with E-state index in [-0.39, 0.29) is 11.9 Å². The predicted octanol–water partition coefficient (Wildman–Crippen LogP) is 2.67. The molecule has 26 heavy (non-hydrogen) atoms. The third kappa shape index (κ3) is 6.11. The Hall–Kier alpha value is -1.92. The maximum absolute atomic E-state index is 13.8. The summed E-state index contributed by atoms with van der Waals surface area (Å²) >= 11 is 0. The van der Waals surface area contributed by atoms with Gasteiger partial charge in [0.25, 0.3) is 0 Å². The van der Waals surface area contributed by atoms with Crippen LogP contribution in [-0.4, -0.2) is 69.2 Å². The largest absolute Gasteiger partial charge is 0.379 e. The molecule has 0 spiro atoms. The fraction of sp³-hybridized carbons (Fsp3) is 0.550. The van der Waals surface area contributed by atoms with Crippen molar-refractivity contribution < 1.29 is 9.13 Å². The monoisotopic (exact) mass is 362 g/mol. The molecular weight excluding hydrogens is 331 g/mol. The summed E-state index contributed by atoms with van der Waals surface area (Å²) in [5.41, 5.74) is 0.976. The summed E-state index contributed by atoms with van der Waals surface area (Å²) in [7, 11) is 3.82. The Morgan fingerprint density at radius 1 is 1.46 bits per heavy atom. The van der Waals surface area contributed by atoms with E-state index in [1.165, 1.54) is 6.07 Å². The number of ether oxygens (including phenoxy) is 1. The lowest BCUT2D eigenvalue weighted by Gasteiger charge is -2.35. The Labute approximate surface area is 156 Å². The van der Waals surface area contributed by atoms with Crippen LogP contribution in [0.15, 0.2) is 41.9 Å². The molecule has 1 atom stereocenters. The molecule has 0 amide bonds. The van der Waals surface area contributed by atoms with Crippen molar-refractivity contribution in [1.29, 1.82) is 0 Å². The molecule has 144 valence electrons. The first-order valence-corrected chi connectivity index (χ1v) is 9.25. The lowest BCUT2D eigenvalue weighted by Crippen LogP contribution is -2.46. The Morgan fingerprint density at radius 2 is 2.23 bits per heavy atom. The van der Waals surface area contributed by atoms with E-state index >= 15 is 0 Å². The number of nitrogens with one attached hydrogen (secondary N) is 1. The number of hydrogen-bond acceptors (Lipinski definition) is 3. The van der Waals surface area contributed by atoms with E-state index in [0.717, 1.165) is 44.0 Å². The number of morpholine rings is 1. The standard InChI is InChI=1S/C20H31FN4O/c1-4-5-6-10-24(3)20(22-2)23-16-19(25-11-13-26-14-12-25)17-8-7-9-18(21)15-17/h4,7-9,15,19H,1,5-6,10-14,16H2,2-3H3,(H,22,23). The number of guanidine groups is 1. The SMILES string of the molecule is C=CCCCN(C)C(=NC)NCC(c1cccc(F)c1)N1CCOCC1. The van der Waals surface area contributed by atoms with Gasteiger partial charge in [0.15, 0.2) is 5.96 Å². The minimum Gasteiger partial charge on any atom is -0.379 e. The Balaban J connectivity index is 2.04. The van der Waals surface area contributed by atoms with Gasteiger partial charge in [0.05, 0.1) is 19.3 Å². The number of nitrogens with zero attached hydrogens (tertiary/aromatic N) is 3.